The fraction of sp³-hybridized carbons (Fsp3) is 0.350. The van der Waals surface area contributed by atoms with Crippen LogP contribution in [0, 0.1) is 0 Å². The van der Waals surface area contributed by atoms with E-state index in [1.165, 1.54) is 0 Å². The first-order valence-corrected chi connectivity index (χ1v) is 7.84. The first kappa shape index (κ1) is 19.6. The Morgan fingerprint density at radius 1 is 1.12 bits per heavy atom. The highest BCUT2D eigenvalue weighted by atomic mass is 16.5. The first-order chi connectivity index (χ1) is 11.1. The third-order valence-corrected chi connectivity index (χ3v) is 3.74. The van der Waals surface area contributed by atoms with Crippen molar-refractivity contribution in [2.75, 3.05) is 6.61 Å². The lowest BCUT2D eigenvalue weighted by Crippen LogP contribution is -2.08. The molecule has 0 aliphatic heterocycles. The van der Waals surface area contributed by atoms with E-state index in [0.29, 0.717) is 12.2 Å². The van der Waals surface area contributed by atoms with E-state index in [-0.39, 0.29) is 19.6 Å². The second-order valence-electron chi connectivity index (χ2n) is 5.48. The number of aromatic hydroxyl groups is 1. The minimum absolute atomic E-state index is 0. The van der Waals surface area contributed by atoms with Gasteiger partial charge in [0.2, 0.25) is 0 Å². The van der Waals surface area contributed by atoms with Crippen LogP contribution in [0.5, 0.6) is 11.5 Å². The van der Waals surface area contributed by atoms with Gasteiger partial charge in [-0.2, -0.15) is 0 Å². The summed E-state index contributed by atoms with van der Waals surface area (Å²) in [6, 6.07) is 14.3. The molecule has 2 aromatic carbocycles. The van der Waals surface area contributed by atoms with Crippen molar-refractivity contribution in [3.63, 3.8) is 0 Å². The Morgan fingerprint density at radius 3 is 2.38 bits per heavy atom. The van der Waals surface area contributed by atoms with Crippen LogP contribution in [-0.4, -0.2) is 22.8 Å². The third kappa shape index (κ3) is 5.30. The van der Waals surface area contributed by atoms with Gasteiger partial charge in [-0.05, 0) is 30.2 Å². The molecule has 24 heavy (non-hydrogen) atoms. The quantitative estimate of drug-likeness (QED) is 0.681. The number of ether oxygens (including phenoxy) is 1. The van der Waals surface area contributed by atoms with E-state index in [0.717, 1.165) is 24.2 Å². The molecule has 0 saturated carbocycles. The molecule has 0 saturated heterocycles. The number of hydrogen-bond acceptors (Lipinski definition) is 3. The van der Waals surface area contributed by atoms with E-state index in [9.17, 15) is 15.0 Å². The summed E-state index contributed by atoms with van der Waals surface area (Å²) >= 11 is 0. The summed E-state index contributed by atoms with van der Waals surface area (Å²) in [4.78, 5) is 11.2. The number of hydrogen-bond donors (Lipinski definition) is 2. The molecule has 0 radical (unpaired) electrons. The Morgan fingerprint density at radius 2 is 1.79 bits per heavy atom. The standard InChI is InChI=1S/C19H22O4.CH4/c1-2-3-12-23-15-10-8-14(9-11-15)17(13-19(21)22)16-6-4-5-7-18(16)20;/h4-11,17,20H,2-3,12-13H2,1H3,(H,21,22);1H4. The molecule has 0 aliphatic rings. The first-order valence-electron chi connectivity index (χ1n) is 7.84. The van der Waals surface area contributed by atoms with Crippen molar-refractivity contribution >= 4 is 5.97 Å². The van der Waals surface area contributed by atoms with Gasteiger partial charge < -0.3 is 14.9 Å². The fourth-order valence-electron chi connectivity index (χ4n) is 2.49. The topological polar surface area (TPSA) is 66.8 Å². The summed E-state index contributed by atoms with van der Waals surface area (Å²) in [5.41, 5.74) is 1.46. The van der Waals surface area contributed by atoms with Gasteiger partial charge in [0.15, 0.2) is 0 Å². The number of unbranched alkanes of at least 4 members (excludes halogenated alkanes) is 1. The highest BCUT2D eigenvalue weighted by Gasteiger charge is 2.20. The van der Waals surface area contributed by atoms with Gasteiger partial charge in [0.05, 0.1) is 13.0 Å². The number of phenolic OH excluding ortho intramolecular Hbond substituents is 1. The van der Waals surface area contributed by atoms with Crippen LogP contribution in [0.15, 0.2) is 48.5 Å². The van der Waals surface area contributed by atoms with Crippen molar-refractivity contribution in [1.82, 2.24) is 0 Å². The molecule has 0 fully saturated rings. The Labute approximate surface area is 143 Å². The van der Waals surface area contributed by atoms with Crippen LogP contribution < -0.4 is 4.74 Å². The largest absolute Gasteiger partial charge is 0.508 e. The van der Waals surface area contributed by atoms with E-state index in [1.807, 2.05) is 24.3 Å². The predicted octanol–water partition coefficient (Wildman–Crippen LogP) is 4.81. The molecular formula is C20H26O4. The van der Waals surface area contributed by atoms with Gasteiger partial charge in [0, 0.05) is 11.5 Å². The maximum Gasteiger partial charge on any atom is 0.304 e. The van der Waals surface area contributed by atoms with E-state index in [1.54, 1.807) is 24.3 Å². The molecule has 2 aromatic rings. The molecule has 1 unspecified atom stereocenters. The number of carboxylic acids is 1. The van der Waals surface area contributed by atoms with Crippen molar-refractivity contribution < 1.29 is 19.7 Å². The van der Waals surface area contributed by atoms with Gasteiger partial charge in [0.1, 0.15) is 11.5 Å². The lowest BCUT2D eigenvalue weighted by atomic mass is 9.88. The van der Waals surface area contributed by atoms with Gasteiger partial charge >= 0.3 is 5.97 Å². The Bertz CT molecular complexity index is 634. The van der Waals surface area contributed by atoms with Gasteiger partial charge in [-0.15, -0.1) is 0 Å². The molecule has 4 heteroatoms. The molecule has 0 aromatic heterocycles. The lowest BCUT2D eigenvalue weighted by Gasteiger charge is -2.17. The molecule has 0 aliphatic carbocycles. The van der Waals surface area contributed by atoms with Crippen molar-refractivity contribution in [1.29, 1.82) is 0 Å². The zero-order valence-corrected chi connectivity index (χ0v) is 13.2. The molecule has 1 atom stereocenters. The SMILES string of the molecule is C.CCCCOc1ccc(C(CC(=O)O)c2ccccc2O)cc1. The fourth-order valence-corrected chi connectivity index (χ4v) is 2.49. The number of carboxylic acid groups (broad SMARTS) is 1. The molecule has 2 rings (SSSR count). The van der Waals surface area contributed by atoms with Gasteiger partial charge in [-0.3, -0.25) is 4.79 Å². The van der Waals surface area contributed by atoms with Gasteiger partial charge in [-0.25, -0.2) is 0 Å². The number of rotatable bonds is 8. The second-order valence-corrected chi connectivity index (χ2v) is 5.48. The summed E-state index contributed by atoms with van der Waals surface area (Å²) in [7, 11) is 0. The number of carbonyl (C=O) groups is 1. The Hall–Kier alpha value is -2.49. The highest BCUT2D eigenvalue weighted by Crippen LogP contribution is 2.34. The number of para-hydroxylation sites is 1. The summed E-state index contributed by atoms with van der Waals surface area (Å²) in [5, 5.41) is 19.2. The smallest absolute Gasteiger partial charge is 0.304 e. The van der Waals surface area contributed by atoms with E-state index < -0.39 is 11.9 Å². The summed E-state index contributed by atoms with van der Waals surface area (Å²) < 4.78 is 5.63. The number of phenols is 1. The van der Waals surface area contributed by atoms with Crippen LogP contribution in [0.1, 0.15) is 50.7 Å². The minimum atomic E-state index is -0.901. The Balaban J connectivity index is 0.00000288. The molecule has 0 spiro atoms. The zero-order valence-electron chi connectivity index (χ0n) is 13.2. The maximum absolute atomic E-state index is 11.2. The average Bonchev–Trinajstić information content (AvgIpc) is 2.54. The van der Waals surface area contributed by atoms with E-state index in [2.05, 4.69) is 6.92 Å². The van der Waals surface area contributed by atoms with Gasteiger partial charge in [-0.1, -0.05) is 51.1 Å². The van der Waals surface area contributed by atoms with E-state index in [4.69, 9.17) is 4.74 Å². The van der Waals surface area contributed by atoms with Crippen molar-refractivity contribution in [3.8, 4) is 11.5 Å². The van der Waals surface area contributed by atoms with Crippen molar-refractivity contribution in [2.45, 2.75) is 39.5 Å². The van der Waals surface area contributed by atoms with Crippen molar-refractivity contribution in [3.05, 3.63) is 59.7 Å². The zero-order chi connectivity index (χ0) is 16.7. The average molecular weight is 330 g/mol. The summed E-state index contributed by atoms with van der Waals surface area (Å²) in [5.74, 6) is -0.407. The molecule has 0 heterocycles. The molecular weight excluding hydrogens is 304 g/mol. The monoisotopic (exact) mass is 330 g/mol. The summed E-state index contributed by atoms with van der Waals surface area (Å²) in [6.07, 6.45) is 2.00. The second kappa shape index (κ2) is 9.60. The van der Waals surface area contributed by atoms with Crippen LogP contribution in [0.25, 0.3) is 0 Å². The molecule has 0 amide bonds. The Kier molecular flexibility index (Phi) is 7.83. The number of benzene rings is 2. The molecule has 4 nitrogen and oxygen atoms in total. The predicted molar refractivity (Wildman–Crippen MR) is 95.8 cm³/mol. The van der Waals surface area contributed by atoms with Gasteiger partial charge in [0.25, 0.3) is 0 Å². The van der Waals surface area contributed by atoms with Crippen LogP contribution >= 0.6 is 0 Å². The van der Waals surface area contributed by atoms with Crippen LogP contribution in [0.3, 0.4) is 0 Å². The van der Waals surface area contributed by atoms with Crippen LogP contribution in [0.2, 0.25) is 0 Å². The maximum atomic E-state index is 11.2. The minimum Gasteiger partial charge on any atom is -0.508 e. The normalized spacial score (nSPS) is 11.4. The summed E-state index contributed by atoms with van der Waals surface area (Å²) in [6.45, 7) is 2.78. The molecule has 0 bridgehead atoms. The van der Waals surface area contributed by atoms with Crippen molar-refractivity contribution in [2.24, 2.45) is 0 Å². The molecule has 130 valence electrons. The number of aliphatic carboxylic acids is 1. The molecule has 2 N–H and O–H groups in total. The van der Waals surface area contributed by atoms with Crippen LogP contribution in [-0.2, 0) is 4.79 Å². The van der Waals surface area contributed by atoms with E-state index >= 15 is 0 Å². The highest BCUT2D eigenvalue weighted by molar-refractivity contribution is 5.69. The van der Waals surface area contributed by atoms with Crippen LogP contribution in [0.4, 0.5) is 0 Å². The third-order valence-electron chi connectivity index (χ3n) is 3.74. The lowest BCUT2D eigenvalue weighted by molar-refractivity contribution is -0.137.